The van der Waals surface area contributed by atoms with Crippen molar-refractivity contribution in [3.05, 3.63) is 23.7 Å². The summed E-state index contributed by atoms with van der Waals surface area (Å²) in [6.45, 7) is 9.67. The van der Waals surface area contributed by atoms with Gasteiger partial charge in [-0.3, -0.25) is 9.20 Å². The minimum Gasteiger partial charge on any atom is -0.323 e. The van der Waals surface area contributed by atoms with Crippen molar-refractivity contribution in [1.82, 2.24) is 14.6 Å². The van der Waals surface area contributed by atoms with Gasteiger partial charge in [-0.1, -0.05) is 20.8 Å². The largest absolute Gasteiger partial charge is 0.323 e. The first-order valence-electron chi connectivity index (χ1n) is 6.23. The molecule has 0 unspecified atom stereocenters. The lowest BCUT2D eigenvalue weighted by Gasteiger charge is -2.06. The third-order valence-corrected chi connectivity index (χ3v) is 2.41. The molecule has 0 saturated heterocycles. The lowest BCUT2D eigenvalue weighted by atomic mass is 10.2. The Morgan fingerprint density at radius 1 is 1.33 bits per heavy atom. The molecular formula is C13H20N4O. The van der Waals surface area contributed by atoms with Gasteiger partial charge >= 0.3 is 0 Å². The van der Waals surface area contributed by atoms with Crippen molar-refractivity contribution in [3.63, 3.8) is 0 Å². The Bertz CT molecular complexity index is 545. The minimum absolute atomic E-state index is 0.0202. The van der Waals surface area contributed by atoms with Crippen molar-refractivity contribution < 1.29 is 4.79 Å². The summed E-state index contributed by atoms with van der Waals surface area (Å²) in [5.41, 5.74) is 2.46. The van der Waals surface area contributed by atoms with Gasteiger partial charge in [0.1, 0.15) is 5.82 Å². The zero-order chi connectivity index (χ0) is 13.7. The van der Waals surface area contributed by atoms with Gasteiger partial charge in [-0.15, -0.1) is 10.2 Å². The molecular weight excluding hydrogens is 228 g/mol. The highest BCUT2D eigenvalue weighted by molar-refractivity contribution is 5.94. The number of aromatic nitrogens is 3. The van der Waals surface area contributed by atoms with Gasteiger partial charge in [0.05, 0.1) is 5.69 Å². The molecule has 18 heavy (non-hydrogen) atoms. The van der Waals surface area contributed by atoms with E-state index in [0.29, 0.717) is 17.8 Å². The maximum Gasteiger partial charge on any atom is 0.224 e. The average molecular weight is 248 g/mol. The lowest BCUT2D eigenvalue weighted by molar-refractivity contribution is -0.115. The predicted molar refractivity (Wildman–Crippen MR) is 72.7 cm³/mol. The normalized spacial score (nSPS) is 9.83. The Labute approximate surface area is 107 Å². The van der Waals surface area contributed by atoms with Crippen LogP contribution in [0.5, 0.6) is 0 Å². The Kier molecular flexibility index (Phi) is 4.83. The summed E-state index contributed by atoms with van der Waals surface area (Å²) in [5, 5.41) is 10.9. The van der Waals surface area contributed by atoms with E-state index < -0.39 is 0 Å². The number of carbonyl (C=O) groups is 1. The number of anilines is 1. The second-order valence-corrected chi connectivity index (χ2v) is 3.77. The summed E-state index contributed by atoms with van der Waals surface area (Å²) in [5.74, 6) is 0.791. The Morgan fingerprint density at radius 3 is 2.61 bits per heavy atom. The highest BCUT2D eigenvalue weighted by atomic mass is 16.1. The van der Waals surface area contributed by atoms with E-state index in [-0.39, 0.29) is 5.91 Å². The third-order valence-electron chi connectivity index (χ3n) is 2.41. The van der Waals surface area contributed by atoms with E-state index in [1.807, 2.05) is 51.3 Å². The number of carbonyl (C=O) groups excluding carboxylic acids is 1. The molecule has 5 heteroatoms. The quantitative estimate of drug-likeness (QED) is 0.889. The molecule has 0 aliphatic heterocycles. The van der Waals surface area contributed by atoms with E-state index in [9.17, 15) is 4.79 Å². The van der Waals surface area contributed by atoms with Gasteiger partial charge in [0.15, 0.2) is 5.65 Å². The molecule has 0 bridgehead atoms. The zero-order valence-electron chi connectivity index (χ0n) is 11.6. The molecule has 5 nitrogen and oxygen atoms in total. The third kappa shape index (κ3) is 2.85. The van der Waals surface area contributed by atoms with Crippen LogP contribution in [0, 0.1) is 13.8 Å². The summed E-state index contributed by atoms with van der Waals surface area (Å²) in [4.78, 5) is 11.4. The van der Waals surface area contributed by atoms with Crippen LogP contribution < -0.4 is 5.32 Å². The monoisotopic (exact) mass is 248 g/mol. The van der Waals surface area contributed by atoms with E-state index in [2.05, 4.69) is 15.5 Å². The van der Waals surface area contributed by atoms with E-state index in [1.54, 1.807) is 0 Å². The fraction of sp³-hybridized carbons (Fsp3) is 0.462. The lowest BCUT2D eigenvalue weighted by Crippen LogP contribution is -2.11. The van der Waals surface area contributed by atoms with E-state index in [4.69, 9.17) is 0 Å². The molecule has 2 aromatic rings. The second kappa shape index (κ2) is 6.14. The van der Waals surface area contributed by atoms with Crippen molar-refractivity contribution in [3.8, 4) is 0 Å². The minimum atomic E-state index is -0.0202. The molecule has 0 aliphatic carbocycles. The van der Waals surface area contributed by atoms with Gasteiger partial charge in [0.25, 0.3) is 0 Å². The molecule has 1 N–H and O–H groups in total. The van der Waals surface area contributed by atoms with Crippen LogP contribution in [0.4, 0.5) is 5.69 Å². The zero-order valence-corrected chi connectivity index (χ0v) is 11.6. The first-order valence-corrected chi connectivity index (χ1v) is 6.23. The molecule has 2 aromatic heterocycles. The Hall–Kier alpha value is -1.91. The maximum atomic E-state index is 11.4. The van der Waals surface area contributed by atoms with Crippen LogP contribution in [-0.2, 0) is 4.79 Å². The number of hydrogen-bond acceptors (Lipinski definition) is 3. The fourth-order valence-corrected chi connectivity index (χ4v) is 1.57. The Morgan fingerprint density at radius 2 is 2.00 bits per heavy atom. The van der Waals surface area contributed by atoms with E-state index in [1.165, 1.54) is 0 Å². The molecule has 0 saturated carbocycles. The van der Waals surface area contributed by atoms with Crippen molar-refractivity contribution in [2.75, 3.05) is 5.32 Å². The highest BCUT2D eigenvalue weighted by Crippen LogP contribution is 2.18. The molecule has 0 atom stereocenters. The number of fused-ring (bicyclic) bond motifs is 1. The number of amides is 1. The molecule has 0 aliphatic rings. The van der Waals surface area contributed by atoms with Crippen molar-refractivity contribution >= 4 is 17.2 Å². The van der Waals surface area contributed by atoms with Crippen LogP contribution in [0.15, 0.2) is 12.3 Å². The standard InChI is InChI=1S/C11H14N4O.C2H6/c1-4-10(16)12-9-5-7(2)6-15-8(3)13-14-11(9)15;1-2/h5-6H,4H2,1-3H3,(H,12,16);1-2H3. The number of pyridine rings is 1. The van der Waals surface area contributed by atoms with Crippen LogP contribution in [0.2, 0.25) is 0 Å². The molecule has 1 amide bonds. The molecule has 0 aromatic carbocycles. The SMILES string of the molecule is CC.CCC(=O)Nc1cc(C)cn2c(C)nnc12. The van der Waals surface area contributed by atoms with Gasteiger partial charge in [-0.2, -0.15) is 0 Å². The van der Waals surface area contributed by atoms with Crippen molar-refractivity contribution in [2.24, 2.45) is 0 Å². The first-order chi connectivity index (χ1) is 8.61. The first kappa shape index (κ1) is 14.2. The van der Waals surface area contributed by atoms with Crippen LogP contribution in [0.25, 0.3) is 5.65 Å². The molecule has 98 valence electrons. The summed E-state index contributed by atoms with van der Waals surface area (Å²) < 4.78 is 1.88. The van der Waals surface area contributed by atoms with Gasteiger partial charge in [-0.25, -0.2) is 0 Å². The second-order valence-electron chi connectivity index (χ2n) is 3.77. The highest BCUT2D eigenvalue weighted by Gasteiger charge is 2.09. The molecule has 0 radical (unpaired) electrons. The van der Waals surface area contributed by atoms with Gasteiger partial charge in [0, 0.05) is 12.6 Å². The molecule has 0 fully saturated rings. The topological polar surface area (TPSA) is 59.3 Å². The molecule has 0 spiro atoms. The molecule has 2 heterocycles. The number of nitrogens with zero attached hydrogens (tertiary/aromatic N) is 3. The number of rotatable bonds is 2. The van der Waals surface area contributed by atoms with Gasteiger partial charge in [0.2, 0.25) is 5.91 Å². The van der Waals surface area contributed by atoms with Crippen molar-refractivity contribution in [2.45, 2.75) is 41.0 Å². The van der Waals surface area contributed by atoms with Gasteiger partial charge < -0.3 is 5.32 Å². The number of hydrogen-bond donors (Lipinski definition) is 1. The summed E-state index contributed by atoms with van der Waals surface area (Å²) in [7, 11) is 0. The van der Waals surface area contributed by atoms with Crippen LogP contribution in [0.1, 0.15) is 38.6 Å². The average Bonchev–Trinajstić information content (AvgIpc) is 2.74. The summed E-state index contributed by atoms with van der Waals surface area (Å²) >= 11 is 0. The summed E-state index contributed by atoms with van der Waals surface area (Å²) in [6.07, 6.45) is 2.40. The smallest absolute Gasteiger partial charge is 0.224 e. The predicted octanol–water partition coefficient (Wildman–Crippen LogP) is 2.72. The van der Waals surface area contributed by atoms with E-state index >= 15 is 0 Å². The Balaban J connectivity index is 0.000000771. The fourth-order valence-electron chi connectivity index (χ4n) is 1.57. The van der Waals surface area contributed by atoms with Crippen LogP contribution in [0.3, 0.4) is 0 Å². The van der Waals surface area contributed by atoms with Crippen molar-refractivity contribution in [1.29, 1.82) is 0 Å². The van der Waals surface area contributed by atoms with E-state index in [0.717, 1.165) is 11.4 Å². The number of nitrogens with one attached hydrogen (secondary N) is 1. The van der Waals surface area contributed by atoms with Crippen LogP contribution >= 0.6 is 0 Å². The van der Waals surface area contributed by atoms with Gasteiger partial charge in [-0.05, 0) is 25.5 Å². The summed E-state index contributed by atoms with van der Waals surface area (Å²) in [6, 6.07) is 1.90. The maximum absolute atomic E-state index is 11.4. The number of aryl methyl sites for hydroxylation is 2. The molecule has 2 rings (SSSR count). The van der Waals surface area contributed by atoms with Crippen LogP contribution in [-0.4, -0.2) is 20.5 Å².